The first-order valence-corrected chi connectivity index (χ1v) is 27.0. The number of rotatable bonds is 28. The Morgan fingerprint density at radius 1 is 0.532 bits per heavy atom. The molecule has 0 aliphatic rings. The zero-order valence-corrected chi connectivity index (χ0v) is 49.3. The summed E-state index contributed by atoms with van der Waals surface area (Å²) in [5.41, 5.74) is -2.26. The van der Waals surface area contributed by atoms with Crippen molar-refractivity contribution in [2.24, 2.45) is 11.3 Å². The van der Waals surface area contributed by atoms with Gasteiger partial charge in [-0.3, -0.25) is 43.2 Å². The highest BCUT2D eigenvalue weighted by Gasteiger charge is 2.39. The Hall–Kier alpha value is -5.93. The van der Waals surface area contributed by atoms with Crippen molar-refractivity contribution in [3.05, 3.63) is 57.8 Å². The molecule has 1 aromatic heterocycles. The molecule has 0 aliphatic heterocycles. The number of carbonyl (C=O) groups is 9. The highest BCUT2D eigenvalue weighted by atomic mass is 32.1. The molecular weight excluding hydrogens is 1010 g/mol. The summed E-state index contributed by atoms with van der Waals surface area (Å²) in [6.45, 7) is 25.6. The van der Waals surface area contributed by atoms with Crippen LogP contribution in [0.2, 0.25) is 0 Å². The average Bonchev–Trinajstić information content (AvgIpc) is 3.80. The topological polar surface area (TPSA) is 272 Å². The van der Waals surface area contributed by atoms with Crippen molar-refractivity contribution in [3.63, 3.8) is 0 Å². The lowest BCUT2D eigenvalue weighted by atomic mass is 9.85. The molecular formula is C56H88N6O14S. The van der Waals surface area contributed by atoms with E-state index >= 15 is 0 Å². The Balaban J connectivity index is 2.61. The number of benzene rings is 1. The van der Waals surface area contributed by atoms with Crippen molar-refractivity contribution in [2.75, 3.05) is 14.2 Å². The van der Waals surface area contributed by atoms with Gasteiger partial charge in [0.2, 0.25) is 35.4 Å². The number of hydrogen-bond donors (Lipinski definition) is 6. The fourth-order valence-corrected chi connectivity index (χ4v) is 8.58. The molecule has 6 amide bonds. The summed E-state index contributed by atoms with van der Waals surface area (Å²) in [6.07, 6.45) is -2.51. The number of ether oxygens (including phenoxy) is 5. The van der Waals surface area contributed by atoms with Gasteiger partial charge in [-0.05, 0) is 116 Å². The van der Waals surface area contributed by atoms with Crippen LogP contribution in [0.1, 0.15) is 151 Å². The summed E-state index contributed by atoms with van der Waals surface area (Å²) in [4.78, 5) is 126. The van der Waals surface area contributed by atoms with Crippen molar-refractivity contribution < 1.29 is 66.8 Å². The van der Waals surface area contributed by atoms with Crippen molar-refractivity contribution in [1.82, 2.24) is 31.9 Å². The maximum atomic E-state index is 14.8. The number of hydrogen-bond acceptors (Lipinski definition) is 15. The number of aryl methyl sites for hydroxylation is 1. The quantitative estimate of drug-likeness (QED) is 0.0352. The fraction of sp³-hybridized carbons (Fsp3) is 0.661. The van der Waals surface area contributed by atoms with Gasteiger partial charge in [0.15, 0.2) is 6.29 Å². The van der Waals surface area contributed by atoms with E-state index in [-0.39, 0.29) is 31.6 Å². The third-order valence-electron chi connectivity index (χ3n) is 11.3. The largest absolute Gasteiger partial charge is 0.460 e. The molecule has 0 aliphatic carbocycles. The van der Waals surface area contributed by atoms with Gasteiger partial charge in [0.25, 0.3) is 0 Å². The summed E-state index contributed by atoms with van der Waals surface area (Å²) in [5.74, 6) is -7.02. The third-order valence-corrected chi connectivity index (χ3v) is 12.2. The second-order valence-corrected chi connectivity index (χ2v) is 24.6. The summed E-state index contributed by atoms with van der Waals surface area (Å²) >= 11 is 1.51. The monoisotopic (exact) mass is 1100 g/mol. The summed E-state index contributed by atoms with van der Waals surface area (Å²) in [7, 11) is 2.93. The van der Waals surface area contributed by atoms with Crippen LogP contribution in [0.5, 0.6) is 0 Å². The highest BCUT2D eigenvalue weighted by molar-refractivity contribution is 7.09. The van der Waals surface area contributed by atoms with Crippen LogP contribution >= 0.6 is 11.3 Å². The van der Waals surface area contributed by atoms with Crippen LogP contribution in [0.15, 0.2) is 41.8 Å². The van der Waals surface area contributed by atoms with E-state index in [1.807, 2.05) is 44.4 Å². The van der Waals surface area contributed by atoms with E-state index in [0.717, 1.165) is 10.4 Å². The van der Waals surface area contributed by atoms with E-state index in [9.17, 15) is 43.2 Å². The molecule has 0 bridgehead atoms. The number of amides is 6. The smallest absolute Gasteiger partial charge is 0.308 e. The Labute approximate surface area is 459 Å². The van der Waals surface area contributed by atoms with Crippen LogP contribution in [0.25, 0.3) is 0 Å². The molecule has 1 aromatic carbocycles. The van der Waals surface area contributed by atoms with Gasteiger partial charge < -0.3 is 55.6 Å². The molecule has 2 aromatic rings. The van der Waals surface area contributed by atoms with E-state index < -0.39 is 137 Å². The minimum absolute atomic E-state index is 0.0596. The first kappa shape index (κ1) is 67.2. The summed E-state index contributed by atoms with van der Waals surface area (Å²) in [5, 5.41) is 18.5. The van der Waals surface area contributed by atoms with Gasteiger partial charge in [-0.2, -0.15) is 0 Å². The molecule has 2 rings (SSSR count). The normalized spacial score (nSPS) is 14.4. The number of nitrogens with one attached hydrogen (secondary N) is 6. The second kappa shape index (κ2) is 30.3. The van der Waals surface area contributed by atoms with E-state index in [4.69, 9.17) is 23.7 Å². The first-order valence-electron chi connectivity index (χ1n) is 26.1. The zero-order chi connectivity index (χ0) is 58.6. The van der Waals surface area contributed by atoms with Crippen LogP contribution in [0.3, 0.4) is 0 Å². The molecule has 0 spiro atoms. The molecule has 20 nitrogen and oxygen atoms in total. The number of methoxy groups -OCH3 is 2. The lowest BCUT2D eigenvalue weighted by Crippen LogP contribution is -2.62. The van der Waals surface area contributed by atoms with Gasteiger partial charge in [-0.15, -0.1) is 11.3 Å². The van der Waals surface area contributed by atoms with E-state index in [1.165, 1.54) is 25.6 Å². The predicted octanol–water partition coefficient (Wildman–Crippen LogP) is 5.44. The molecule has 77 heavy (non-hydrogen) atoms. The molecule has 1 heterocycles. The average molecular weight is 1100 g/mol. The van der Waals surface area contributed by atoms with Gasteiger partial charge >= 0.3 is 17.9 Å². The molecule has 432 valence electrons. The Bertz CT molecular complexity index is 2290. The van der Waals surface area contributed by atoms with Crippen molar-refractivity contribution in [1.29, 1.82) is 0 Å². The minimum atomic E-state index is -1.64. The molecule has 0 saturated heterocycles. The van der Waals surface area contributed by atoms with Crippen LogP contribution < -0.4 is 31.9 Å². The first-order chi connectivity index (χ1) is 35.5. The van der Waals surface area contributed by atoms with Crippen molar-refractivity contribution >= 4 is 64.7 Å². The van der Waals surface area contributed by atoms with Gasteiger partial charge in [0.05, 0.1) is 18.9 Å². The minimum Gasteiger partial charge on any atom is -0.460 e. The molecule has 6 atom stereocenters. The van der Waals surface area contributed by atoms with Gasteiger partial charge in [-0.25, -0.2) is 0 Å². The number of esters is 3. The van der Waals surface area contributed by atoms with Crippen LogP contribution in [-0.4, -0.2) is 127 Å². The lowest BCUT2D eigenvalue weighted by molar-refractivity contribution is -0.158. The maximum absolute atomic E-state index is 14.8. The lowest BCUT2D eigenvalue weighted by Gasteiger charge is -2.34. The molecule has 0 fully saturated rings. The molecule has 21 heteroatoms. The maximum Gasteiger partial charge on any atom is 0.308 e. The molecule has 0 radical (unpaired) electrons. The van der Waals surface area contributed by atoms with Crippen LogP contribution in [0, 0.1) is 18.3 Å². The number of carbonyl (C=O) groups excluding carboxylic acids is 9. The van der Waals surface area contributed by atoms with Crippen molar-refractivity contribution in [3.8, 4) is 0 Å². The Morgan fingerprint density at radius 2 is 1.04 bits per heavy atom. The molecule has 0 unspecified atom stereocenters. The van der Waals surface area contributed by atoms with Gasteiger partial charge in [-0.1, -0.05) is 65.0 Å². The van der Waals surface area contributed by atoms with E-state index in [1.54, 1.807) is 101 Å². The second-order valence-electron chi connectivity index (χ2n) is 23.6. The summed E-state index contributed by atoms with van der Waals surface area (Å²) in [6, 6.07) is 3.36. The number of thiophene rings is 1. The standard InChI is InChI=1S/C56H88N6O14S/c1-33(2)29-38(48(68)61-41(52(72-16)73-17)31-36-23-20-28-77-36)60-51(71)46(53(4,5)6)62-50(70)39(30-35-22-19-18-21-34(35)3)59-47(67)37(24-26-43(64)74-54(7,8)9)58-49(69)40(32-45(66)76-56(13,14)15)57-42(63)25-27-44(65)75-55(10,11)12/h18-23,28,33,37-41,46,52H,24-27,29-32H2,1-17H3,(H,57,63)(H,58,69)(H,59,67)(H,60,71)(H,61,68)(H,62,70)/t37-,38-,39-,40-,41-,46+/m0/s1. The van der Waals surface area contributed by atoms with Crippen molar-refractivity contribution in [2.45, 2.75) is 215 Å². The molecule has 0 saturated carbocycles. The highest BCUT2D eigenvalue weighted by Crippen LogP contribution is 2.22. The Kier molecular flexibility index (Phi) is 26.4. The molecule has 6 N–H and O–H groups in total. The van der Waals surface area contributed by atoms with E-state index in [2.05, 4.69) is 31.9 Å². The predicted molar refractivity (Wildman–Crippen MR) is 292 cm³/mol. The Morgan fingerprint density at radius 3 is 1.56 bits per heavy atom. The zero-order valence-electron chi connectivity index (χ0n) is 48.4. The summed E-state index contributed by atoms with van der Waals surface area (Å²) < 4.78 is 27.4. The van der Waals surface area contributed by atoms with Gasteiger partial charge in [0.1, 0.15) is 47.0 Å². The van der Waals surface area contributed by atoms with E-state index in [0.29, 0.717) is 12.0 Å². The third kappa shape index (κ3) is 26.3. The SMILES string of the molecule is COC(OC)[C@H](Cc1cccs1)NC(=O)[C@H](CC(C)C)NC(=O)[C@@H](NC(=O)[C@H](Cc1ccccc1C)NC(=O)[C@H](CCC(=O)OC(C)(C)C)NC(=O)[C@H](CC(=O)OC(C)(C)C)NC(=O)CCC(=O)OC(C)(C)C)C(C)(C)C. The van der Waals surface area contributed by atoms with Crippen LogP contribution in [-0.2, 0) is 79.7 Å². The fourth-order valence-electron chi connectivity index (χ4n) is 7.82. The van der Waals surface area contributed by atoms with Gasteiger partial charge in [0, 0.05) is 44.8 Å². The van der Waals surface area contributed by atoms with Crippen LogP contribution in [0.4, 0.5) is 0 Å².